The molecule has 2 heterocycles. The van der Waals surface area contributed by atoms with E-state index in [9.17, 15) is 14.0 Å². The van der Waals surface area contributed by atoms with Gasteiger partial charge in [0.15, 0.2) is 11.5 Å². The summed E-state index contributed by atoms with van der Waals surface area (Å²) in [6.07, 6.45) is 5.76. The number of hydrogen-bond acceptors (Lipinski definition) is 5. The van der Waals surface area contributed by atoms with E-state index in [0.29, 0.717) is 37.0 Å². The van der Waals surface area contributed by atoms with E-state index >= 15 is 0 Å². The number of nitrogen functional groups attached to an aromatic ring is 1. The number of nitrogens with zero attached hydrogens (tertiary/aromatic N) is 3. The number of nitrogens with two attached hydrogens (primary N) is 1. The van der Waals surface area contributed by atoms with Crippen molar-refractivity contribution in [3.05, 3.63) is 53.1 Å². The fourth-order valence-corrected chi connectivity index (χ4v) is 3.92. The molecule has 0 unspecified atom stereocenters. The molecule has 0 bridgehead atoms. The molecule has 1 aliphatic carbocycles. The molecule has 2 aromatic heterocycles. The van der Waals surface area contributed by atoms with E-state index in [-0.39, 0.29) is 40.2 Å². The topological polar surface area (TPSA) is 114 Å². The number of aromatic nitrogens is 3. The minimum absolute atomic E-state index is 0.0750. The van der Waals surface area contributed by atoms with E-state index in [0.717, 1.165) is 6.07 Å². The number of fused-ring (bicyclic) bond motifs is 1. The first-order valence-corrected chi connectivity index (χ1v) is 9.96. The van der Waals surface area contributed by atoms with Crippen LogP contribution >= 0.6 is 11.6 Å². The fourth-order valence-electron chi connectivity index (χ4n) is 3.70. The first-order valence-electron chi connectivity index (χ1n) is 9.58. The van der Waals surface area contributed by atoms with Gasteiger partial charge in [-0.2, -0.15) is 0 Å². The van der Waals surface area contributed by atoms with Crippen molar-refractivity contribution in [1.82, 2.24) is 19.9 Å². The van der Waals surface area contributed by atoms with Crippen LogP contribution in [0.25, 0.3) is 5.65 Å². The Morgan fingerprint density at radius 3 is 2.73 bits per heavy atom. The maximum absolute atomic E-state index is 13.2. The van der Waals surface area contributed by atoms with Crippen molar-refractivity contribution in [2.75, 3.05) is 11.1 Å². The van der Waals surface area contributed by atoms with Crippen LogP contribution in [0.1, 0.15) is 36.0 Å². The first kappa shape index (κ1) is 20.1. The van der Waals surface area contributed by atoms with Crippen LogP contribution in [0, 0.1) is 11.7 Å². The van der Waals surface area contributed by atoms with E-state index in [1.807, 2.05) is 0 Å². The third-order valence-electron chi connectivity index (χ3n) is 5.27. The van der Waals surface area contributed by atoms with Crippen LogP contribution in [-0.2, 0) is 4.79 Å². The van der Waals surface area contributed by atoms with Gasteiger partial charge in [-0.15, -0.1) is 5.10 Å². The van der Waals surface area contributed by atoms with Crippen LogP contribution in [0.4, 0.5) is 15.9 Å². The highest BCUT2D eigenvalue weighted by Gasteiger charge is 2.29. The second-order valence-electron chi connectivity index (χ2n) is 7.28. The lowest BCUT2D eigenvalue weighted by atomic mass is 9.85. The van der Waals surface area contributed by atoms with Gasteiger partial charge in [-0.1, -0.05) is 11.6 Å². The van der Waals surface area contributed by atoms with Crippen LogP contribution in [-0.4, -0.2) is 32.5 Å². The Morgan fingerprint density at radius 2 is 2.00 bits per heavy atom. The standard InChI is InChI=1S/C20H20ClFN6O2/c21-14-10-12(22)4-7-15(14)26-19(29)11-2-5-13(6-3-11)25-20(30)16-17(23)27-28-9-1-8-24-18(16)28/h1,4,7-11,13H,2-3,5-6H2,(H2,23,27)(H,25,30)(H,26,29)/t11-,13-. The summed E-state index contributed by atoms with van der Waals surface area (Å²) < 4.78 is 14.6. The number of rotatable bonds is 4. The lowest BCUT2D eigenvalue weighted by Crippen LogP contribution is -2.39. The van der Waals surface area contributed by atoms with Gasteiger partial charge >= 0.3 is 0 Å². The zero-order valence-electron chi connectivity index (χ0n) is 15.9. The zero-order valence-corrected chi connectivity index (χ0v) is 16.7. The SMILES string of the molecule is Nc1nn2cccnc2c1C(=O)N[C@H]1CC[C@H](C(=O)Nc2ccc(F)cc2Cl)CC1. The number of hydrogen-bond donors (Lipinski definition) is 3. The Bertz CT molecular complexity index is 1110. The maximum atomic E-state index is 13.2. The molecule has 8 nitrogen and oxygen atoms in total. The van der Waals surface area contributed by atoms with Gasteiger partial charge in [-0.05, 0) is 49.9 Å². The molecule has 156 valence electrons. The number of amides is 2. The summed E-state index contributed by atoms with van der Waals surface area (Å²) in [6.45, 7) is 0. The highest BCUT2D eigenvalue weighted by molar-refractivity contribution is 6.33. The van der Waals surface area contributed by atoms with Crippen molar-refractivity contribution in [2.45, 2.75) is 31.7 Å². The maximum Gasteiger partial charge on any atom is 0.259 e. The Hall–Kier alpha value is -3.20. The van der Waals surface area contributed by atoms with E-state index in [2.05, 4.69) is 20.7 Å². The Labute approximate surface area is 176 Å². The molecule has 0 saturated heterocycles. The van der Waals surface area contributed by atoms with Gasteiger partial charge in [-0.3, -0.25) is 9.59 Å². The summed E-state index contributed by atoms with van der Waals surface area (Å²) in [5, 5.41) is 9.98. The minimum atomic E-state index is -0.462. The third kappa shape index (κ3) is 4.06. The number of carbonyl (C=O) groups is 2. The van der Waals surface area contributed by atoms with Gasteiger partial charge < -0.3 is 16.4 Å². The zero-order chi connectivity index (χ0) is 21.3. The number of benzene rings is 1. The van der Waals surface area contributed by atoms with E-state index in [1.165, 1.54) is 16.6 Å². The van der Waals surface area contributed by atoms with Crippen molar-refractivity contribution < 1.29 is 14.0 Å². The summed E-state index contributed by atoms with van der Waals surface area (Å²) in [5.41, 5.74) is 6.93. The predicted octanol–water partition coefficient (Wildman–Crippen LogP) is 3.03. The van der Waals surface area contributed by atoms with Gasteiger partial charge in [0.1, 0.15) is 11.4 Å². The fraction of sp³-hybridized carbons (Fsp3) is 0.300. The van der Waals surface area contributed by atoms with Crippen LogP contribution < -0.4 is 16.4 Å². The molecule has 1 fully saturated rings. The Morgan fingerprint density at radius 1 is 1.23 bits per heavy atom. The second kappa shape index (κ2) is 8.27. The van der Waals surface area contributed by atoms with Gasteiger partial charge in [0.25, 0.3) is 5.91 Å². The molecule has 3 aromatic rings. The molecule has 4 rings (SSSR count). The normalized spacial score (nSPS) is 18.9. The van der Waals surface area contributed by atoms with Gasteiger partial charge in [0.2, 0.25) is 5.91 Å². The Balaban J connectivity index is 1.34. The lowest BCUT2D eigenvalue weighted by molar-refractivity contribution is -0.120. The number of nitrogens with one attached hydrogen (secondary N) is 2. The van der Waals surface area contributed by atoms with Crippen LogP contribution in [0.15, 0.2) is 36.7 Å². The Kier molecular flexibility index (Phi) is 5.54. The first-order chi connectivity index (χ1) is 14.4. The van der Waals surface area contributed by atoms with Crippen molar-refractivity contribution in [3.8, 4) is 0 Å². The molecule has 0 aliphatic heterocycles. The van der Waals surface area contributed by atoms with Crippen molar-refractivity contribution in [2.24, 2.45) is 5.92 Å². The molecular formula is C20H20ClFN6O2. The molecule has 1 aliphatic rings. The van der Waals surface area contributed by atoms with E-state index in [4.69, 9.17) is 17.3 Å². The van der Waals surface area contributed by atoms with Gasteiger partial charge in [-0.25, -0.2) is 13.9 Å². The molecule has 0 spiro atoms. The molecule has 1 saturated carbocycles. The number of halogens is 2. The van der Waals surface area contributed by atoms with E-state index in [1.54, 1.807) is 18.5 Å². The summed E-state index contributed by atoms with van der Waals surface area (Å²) in [7, 11) is 0. The third-order valence-corrected chi connectivity index (χ3v) is 5.58. The predicted molar refractivity (Wildman–Crippen MR) is 111 cm³/mol. The molecule has 0 radical (unpaired) electrons. The largest absolute Gasteiger partial charge is 0.381 e. The molecule has 1 aromatic carbocycles. The quantitative estimate of drug-likeness (QED) is 0.588. The number of carbonyl (C=O) groups excluding carboxylic acids is 2. The smallest absolute Gasteiger partial charge is 0.259 e. The molecular weight excluding hydrogens is 411 g/mol. The summed E-state index contributed by atoms with van der Waals surface area (Å²) in [5.74, 6) is -1.04. The number of anilines is 2. The van der Waals surface area contributed by atoms with Crippen LogP contribution in [0.5, 0.6) is 0 Å². The van der Waals surface area contributed by atoms with E-state index < -0.39 is 5.82 Å². The van der Waals surface area contributed by atoms with Crippen LogP contribution in [0.2, 0.25) is 5.02 Å². The van der Waals surface area contributed by atoms with Crippen molar-refractivity contribution in [1.29, 1.82) is 0 Å². The van der Waals surface area contributed by atoms with Crippen LogP contribution in [0.3, 0.4) is 0 Å². The highest BCUT2D eigenvalue weighted by Crippen LogP contribution is 2.28. The average molecular weight is 431 g/mol. The second-order valence-corrected chi connectivity index (χ2v) is 7.69. The lowest BCUT2D eigenvalue weighted by Gasteiger charge is -2.28. The molecule has 4 N–H and O–H groups in total. The monoisotopic (exact) mass is 430 g/mol. The van der Waals surface area contributed by atoms with Gasteiger partial charge in [0, 0.05) is 24.4 Å². The van der Waals surface area contributed by atoms with Crippen molar-refractivity contribution in [3.63, 3.8) is 0 Å². The highest BCUT2D eigenvalue weighted by atomic mass is 35.5. The minimum Gasteiger partial charge on any atom is -0.381 e. The molecule has 10 heteroatoms. The summed E-state index contributed by atoms with van der Waals surface area (Å²) in [6, 6.07) is 5.47. The molecule has 0 atom stereocenters. The van der Waals surface area contributed by atoms with Crippen molar-refractivity contribution >= 4 is 40.6 Å². The van der Waals surface area contributed by atoms with Gasteiger partial charge in [0.05, 0.1) is 10.7 Å². The summed E-state index contributed by atoms with van der Waals surface area (Å²) in [4.78, 5) is 29.4. The average Bonchev–Trinajstić information content (AvgIpc) is 3.06. The molecule has 2 amide bonds. The summed E-state index contributed by atoms with van der Waals surface area (Å²) >= 11 is 5.97. The molecule has 30 heavy (non-hydrogen) atoms.